The number of aliphatic hydroxyl groups is 1. The van der Waals surface area contributed by atoms with E-state index in [1.54, 1.807) is 0 Å². The van der Waals surface area contributed by atoms with Crippen molar-refractivity contribution in [2.75, 3.05) is 6.61 Å². The van der Waals surface area contributed by atoms with Gasteiger partial charge < -0.3 is 9.67 Å². The largest absolute Gasteiger partial charge is 0.396 e. The smallest absolute Gasteiger partial charge is 0.0958 e. The van der Waals surface area contributed by atoms with Gasteiger partial charge in [-0.25, -0.2) is 4.98 Å². The maximum Gasteiger partial charge on any atom is 0.0958 e. The standard InChI is InChI=1S/C13H18N2O/c16-10-6-2-1-5-9-15-11-14-12-7-3-4-8-13(12)15/h3-4,7-8,11,16H,1-2,5-6,9-10H2. The van der Waals surface area contributed by atoms with Crippen molar-refractivity contribution in [1.82, 2.24) is 9.55 Å². The summed E-state index contributed by atoms with van der Waals surface area (Å²) >= 11 is 0. The lowest BCUT2D eigenvalue weighted by Gasteiger charge is -2.03. The van der Waals surface area contributed by atoms with Crippen molar-refractivity contribution >= 4 is 11.0 Å². The molecule has 2 rings (SSSR count). The fraction of sp³-hybridized carbons (Fsp3) is 0.462. The van der Waals surface area contributed by atoms with Crippen LogP contribution in [0.25, 0.3) is 11.0 Å². The van der Waals surface area contributed by atoms with Crippen LogP contribution in [0.4, 0.5) is 0 Å². The van der Waals surface area contributed by atoms with E-state index in [-0.39, 0.29) is 0 Å². The molecule has 2 aromatic rings. The first kappa shape index (κ1) is 11.1. The van der Waals surface area contributed by atoms with E-state index >= 15 is 0 Å². The van der Waals surface area contributed by atoms with Crippen LogP contribution < -0.4 is 0 Å². The van der Waals surface area contributed by atoms with Crippen LogP contribution in [0, 0.1) is 0 Å². The maximum absolute atomic E-state index is 8.68. The fourth-order valence-electron chi connectivity index (χ4n) is 1.94. The molecule has 0 saturated carbocycles. The number of hydrogen-bond donors (Lipinski definition) is 1. The Morgan fingerprint density at radius 3 is 2.75 bits per heavy atom. The summed E-state index contributed by atoms with van der Waals surface area (Å²) in [6.07, 6.45) is 6.28. The zero-order valence-corrected chi connectivity index (χ0v) is 9.47. The van der Waals surface area contributed by atoms with Gasteiger partial charge in [0.15, 0.2) is 0 Å². The summed E-state index contributed by atoms with van der Waals surface area (Å²) in [4.78, 5) is 4.36. The van der Waals surface area contributed by atoms with Crippen molar-refractivity contribution in [2.45, 2.75) is 32.2 Å². The van der Waals surface area contributed by atoms with Gasteiger partial charge in [0, 0.05) is 13.2 Å². The minimum absolute atomic E-state index is 0.313. The van der Waals surface area contributed by atoms with Crippen molar-refractivity contribution in [3.63, 3.8) is 0 Å². The van der Waals surface area contributed by atoms with Crippen LogP contribution in [0.1, 0.15) is 25.7 Å². The van der Waals surface area contributed by atoms with Crippen molar-refractivity contribution in [2.24, 2.45) is 0 Å². The highest BCUT2D eigenvalue weighted by Crippen LogP contribution is 2.13. The average molecular weight is 218 g/mol. The number of nitrogens with zero attached hydrogens (tertiary/aromatic N) is 2. The molecule has 0 atom stereocenters. The van der Waals surface area contributed by atoms with E-state index in [1.807, 2.05) is 24.5 Å². The first-order valence-corrected chi connectivity index (χ1v) is 5.92. The molecule has 1 N–H and O–H groups in total. The molecule has 1 aromatic carbocycles. The Labute approximate surface area is 95.7 Å². The Bertz CT molecular complexity index is 436. The predicted molar refractivity (Wildman–Crippen MR) is 65.3 cm³/mol. The van der Waals surface area contributed by atoms with Crippen LogP contribution in [-0.4, -0.2) is 21.3 Å². The van der Waals surface area contributed by atoms with Gasteiger partial charge in [-0.05, 0) is 25.0 Å². The molecule has 0 amide bonds. The molecule has 0 aliphatic rings. The van der Waals surface area contributed by atoms with E-state index in [1.165, 1.54) is 11.9 Å². The zero-order valence-electron chi connectivity index (χ0n) is 9.47. The number of aliphatic hydroxyl groups excluding tert-OH is 1. The molecule has 0 unspecified atom stereocenters. The number of rotatable bonds is 6. The minimum Gasteiger partial charge on any atom is -0.396 e. The SMILES string of the molecule is OCCCCCCn1cnc2ccccc21. The second kappa shape index (κ2) is 5.66. The lowest BCUT2D eigenvalue weighted by Crippen LogP contribution is -1.96. The van der Waals surface area contributed by atoms with Crippen LogP contribution >= 0.6 is 0 Å². The summed E-state index contributed by atoms with van der Waals surface area (Å²) in [5, 5.41) is 8.68. The van der Waals surface area contributed by atoms with Gasteiger partial charge in [-0.1, -0.05) is 25.0 Å². The quantitative estimate of drug-likeness (QED) is 0.757. The Morgan fingerprint density at radius 2 is 1.88 bits per heavy atom. The highest BCUT2D eigenvalue weighted by molar-refractivity contribution is 5.74. The van der Waals surface area contributed by atoms with Crippen LogP contribution in [-0.2, 0) is 6.54 Å². The monoisotopic (exact) mass is 218 g/mol. The highest BCUT2D eigenvalue weighted by atomic mass is 16.2. The molecule has 0 bridgehead atoms. The van der Waals surface area contributed by atoms with Crippen LogP contribution in [0.3, 0.4) is 0 Å². The van der Waals surface area contributed by atoms with E-state index in [0.717, 1.165) is 31.3 Å². The Kier molecular flexibility index (Phi) is 3.94. The molecule has 0 radical (unpaired) electrons. The Hall–Kier alpha value is -1.35. The summed E-state index contributed by atoms with van der Waals surface area (Å²) in [7, 11) is 0. The molecule has 1 heterocycles. The number of unbranched alkanes of at least 4 members (excludes halogenated alkanes) is 3. The summed E-state index contributed by atoms with van der Waals surface area (Å²) in [5.74, 6) is 0. The van der Waals surface area contributed by atoms with Gasteiger partial charge in [0.05, 0.1) is 17.4 Å². The topological polar surface area (TPSA) is 38.0 Å². The van der Waals surface area contributed by atoms with Crippen LogP contribution in [0.15, 0.2) is 30.6 Å². The normalized spacial score (nSPS) is 11.1. The van der Waals surface area contributed by atoms with Gasteiger partial charge >= 0.3 is 0 Å². The average Bonchev–Trinajstić information content (AvgIpc) is 2.73. The number of fused-ring (bicyclic) bond motifs is 1. The molecule has 1 aromatic heterocycles. The molecule has 0 aliphatic heterocycles. The molecule has 3 heteroatoms. The molecule has 0 spiro atoms. The number of aryl methyl sites for hydroxylation is 1. The van der Waals surface area contributed by atoms with E-state index in [2.05, 4.69) is 15.6 Å². The summed E-state index contributed by atoms with van der Waals surface area (Å²) in [5.41, 5.74) is 2.28. The van der Waals surface area contributed by atoms with Gasteiger partial charge in [-0.3, -0.25) is 0 Å². The lowest BCUT2D eigenvalue weighted by molar-refractivity contribution is 0.282. The van der Waals surface area contributed by atoms with Gasteiger partial charge in [0.25, 0.3) is 0 Å². The maximum atomic E-state index is 8.68. The van der Waals surface area contributed by atoms with Crippen molar-refractivity contribution in [3.8, 4) is 0 Å². The second-order valence-corrected chi connectivity index (χ2v) is 4.06. The predicted octanol–water partition coefficient (Wildman–Crippen LogP) is 2.59. The first-order valence-electron chi connectivity index (χ1n) is 5.92. The van der Waals surface area contributed by atoms with Crippen molar-refractivity contribution in [3.05, 3.63) is 30.6 Å². The molecular formula is C13H18N2O. The number of imidazole rings is 1. The van der Waals surface area contributed by atoms with Gasteiger partial charge in [0.2, 0.25) is 0 Å². The number of para-hydroxylation sites is 2. The minimum atomic E-state index is 0.313. The van der Waals surface area contributed by atoms with E-state index in [0.29, 0.717) is 6.61 Å². The van der Waals surface area contributed by atoms with Crippen LogP contribution in [0.5, 0.6) is 0 Å². The zero-order chi connectivity index (χ0) is 11.2. The molecule has 0 saturated heterocycles. The highest BCUT2D eigenvalue weighted by Gasteiger charge is 2.00. The summed E-state index contributed by atoms with van der Waals surface area (Å²) in [6.45, 7) is 1.33. The third kappa shape index (κ3) is 2.61. The molecule has 0 aliphatic carbocycles. The molecule has 0 fully saturated rings. The van der Waals surface area contributed by atoms with Crippen LogP contribution in [0.2, 0.25) is 0 Å². The molecule has 86 valence electrons. The van der Waals surface area contributed by atoms with E-state index in [4.69, 9.17) is 5.11 Å². The number of benzene rings is 1. The third-order valence-corrected chi connectivity index (χ3v) is 2.83. The lowest BCUT2D eigenvalue weighted by atomic mass is 10.2. The Balaban J connectivity index is 1.89. The molecule has 3 nitrogen and oxygen atoms in total. The second-order valence-electron chi connectivity index (χ2n) is 4.06. The van der Waals surface area contributed by atoms with Crippen molar-refractivity contribution < 1.29 is 5.11 Å². The van der Waals surface area contributed by atoms with Crippen molar-refractivity contribution in [1.29, 1.82) is 0 Å². The number of hydrogen-bond acceptors (Lipinski definition) is 2. The molecular weight excluding hydrogens is 200 g/mol. The number of aromatic nitrogens is 2. The molecule has 16 heavy (non-hydrogen) atoms. The third-order valence-electron chi connectivity index (χ3n) is 2.83. The Morgan fingerprint density at radius 1 is 1.06 bits per heavy atom. The summed E-state index contributed by atoms with van der Waals surface area (Å²) in [6, 6.07) is 8.21. The first-order chi connectivity index (χ1) is 7.92. The van der Waals surface area contributed by atoms with E-state index < -0.39 is 0 Å². The van der Waals surface area contributed by atoms with Gasteiger partial charge in [-0.2, -0.15) is 0 Å². The van der Waals surface area contributed by atoms with Gasteiger partial charge in [0.1, 0.15) is 0 Å². The fourth-order valence-corrected chi connectivity index (χ4v) is 1.94. The summed E-state index contributed by atoms with van der Waals surface area (Å²) < 4.78 is 2.20. The van der Waals surface area contributed by atoms with E-state index in [9.17, 15) is 0 Å². The van der Waals surface area contributed by atoms with Gasteiger partial charge in [-0.15, -0.1) is 0 Å².